The molecular weight excluding hydrogens is 650 g/mol. The Morgan fingerprint density at radius 1 is 1.02 bits per heavy atom. The summed E-state index contributed by atoms with van der Waals surface area (Å²) in [5, 5.41) is 2.59. The Kier molecular flexibility index (Phi) is 10.9. The van der Waals surface area contributed by atoms with Gasteiger partial charge in [-0.25, -0.2) is 19.3 Å². The molecule has 15 nitrogen and oxygen atoms in total. The highest BCUT2D eigenvalue weighted by Gasteiger charge is 2.43. The van der Waals surface area contributed by atoms with Crippen molar-refractivity contribution in [3.05, 3.63) is 64.5 Å². The molecule has 2 aliphatic rings. The number of carbonyl (C=O) groups excluding carboxylic acids is 6. The lowest BCUT2D eigenvalue weighted by Crippen LogP contribution is -2.56. The van der Waals surface area contributed by atoms with Crippen molar-refractivity contribution >= 4 is 52.9 Å². The summed E-state index contributed by atoms with van der Waals surface area (Å²) in [4.78, 5) is 85.5. The minimum Gasteiger partial charge on any atom is -0.449 e. The van der Waals surface area contributed by atoms with E-state index in [0.717, 1.165) is 12.5 Å². The summed E-state index contributed by atoms with van der Waals surface area (Å²) in [5.74, 6) is -2.60. The SMILES string of the molecule is [C-]#[N+]c1ccc(NC(=O)[C@H](OC(C)=O)[C@H]2OCCN(c3ccc4c(c3)C(=O)N(C)C4)C2=O)cc1CN(C(=O)OC(C)(C)C)C(=O)OC(C)(C)C. The van der Waals surface area contributed by atoms with Gasteiger partial charge in [-0.15, -0.1) is 0 Å². The van der Waals surface area contributed by atoms with Crippen LogP contribution in [0.3, 0.4) is 0 Å². The maximum absolute atomic E-state index is 13.7. The average molecular weight is 692 g/mol. The molecule has 2 heterocycles. The first-order chi connectivity index (χ1) is 23.3. The van der Waals surface area contributed by atoms with E-state index in [2.05, 4.69) is 10.2 Å². The van der Waals surface area contributed by atoms with Gasteiger partial charge in [-0.3, -0.25) is 19.2 Å². The van der Waals surface area contributed by atoms with Crippen LogP contribution < -0.4 is 10.2 Å². The molecule has 0 bridgehead atoms. The second kappa shape index (κ2) is 14.6. The van der Waals surface area contributed by atoms with Crippen molar-refractivity contribution in [2.24, 2.45) is 0 Å². The molecule has 0 spiro atoms. The normalized spacial score (nSPS) is 16.6. The van der Waals surface area contributed by atoms with E-state index in [1.165, 1.54) is 23.1 Å². The fraction of sp³-hybridized carbons (Fsp3) is 0.457. The van der Waals surface area contributed by atoms with Crippen LogP contribution in [0.15, 0.2) is 36.4 Å². The van der Waals surface area contributed by atoms with E-state index >= 15 is 0 Å². The van der Waals surface area contributed by atoms with Gasteiger partial charge in [0, 0.05) is 44.0 Å². The molecule has 266 valence electrons. The number of nitrogens with one attached hydrogen (secondary N) is 1. The highest BCUT2D eigenvalue weighted by molar-refractivity contribution is 6.06. The van der Waals surface area contributed by atoms with Crippen molar-refractivity contribution in [1.29, 1.82) is 0 Å². The zero-order chi connectivity index (χ0) is 37.1. The highest BCUT2D eigenvalue weighted by Crippen LogP contribution is 2.30. The first-order valence-corrected chi connectivity index (χ1v) is 15.8. The Balaban J connectivity index is 1.60. The molecule has 2 aromatic rings. The summed E-state index contributed by atoms with van der Waals surface area (Å²) in [6, 6.07) is 9.21. The van der Waals surface area contributed by atoms with E-state index in [1.54, 1.807) is 71.7 Å². The molecule has 2 aromatic carbocycles. The number of anilines is 2. The van der Waals surface area contributed by atoms with Crippen LogP contribution in [0, 0.1) is 6.57 Å². The van der Waals surface area contributed by atoms with E-state index < -0.39 is 59.9 Å². The number of fused-ring (bicyclic) bond motifs is 1. The van der Waals surface area contributed by atoms with Gasteiger partial charge in [0.1, 0.15) is 11.2 Å². The van der Waals surface area contributed by atoms with Gasteiger partial charge >= 0.3 is 18.2 Å². The number of nitrogens with zero attached hydrogens (tertiary/aromatic N) is 4. The molecule has 0 saturated carbocycles. The molecule has 0 aliphatic carbocycles. The minimum atomic E-state index is -1.73. The minimum absolute atomic E-state index is 0.00139. The van der Waals surface area contributed by atoms with Crippen molar-refractivity contribution in [3.8, 4) is 0 Å². The maximum Gasteiger partial charge on any atom is 0.420 e. The van der Waals surface area contributed by atoms with Gasteiger partial charge in [-0.2, -0.15) is 0 Å². The summed E-state index contributed by atoms with van der Waals surface area (Å²) in [7, 11) is 1.68. The number of amides is 5. The highest BCUT2D eigenvalue weighted by atomic mass is 16.6. The molecule has 5 amide bonds. The number of carbonyl (C=O) groups is 6. The molecule has 0 unspecified atom stereocenters. The number of benzene rings is 2. The second-order valence-corrected chi connectivity index (χ2v) is 13.8. The number of rotatable bonds is 7. The van der Waals surface area contributed by atoms with Gasteiger partial charge in [0.05, 0.1) is 19.7 Å². The predicted octanol–water partition coefficient (Wildman–Crippen LogP) is 4.80. The van der Waals surface area contributed by atoms with Gasteiger partial charge in [-0.1, -0.05) is 12.1 Å². The lowest BCUT2D eigenvalue weighted by Gasteiger charge is -2.35. The monoisotopic (exact) mass is 691 g/mol. The molecule has 1 fully saturated rings. The molecular formula is C35H41N5O10. The largest absolute Gasteiger partial charge is 0.449 e. The van der Waals surface area contributed by atoms with Gasteiger partial charge in [0.2, 0.25) is 6.10 Å². The third-order valence-corrected chi connectivity index (χ3v) is 7.36. The fourth-order valence-corrected chi connectivity index (χ4v) is 5.23. The van der Waals surface area contributed by atoms with Gasteiger partial charge in [0.25, 0.3) is 17.7 Å². The van der Waals surface area contributed by atoms with E-state index in [1.807, 2.05) is 0 Å². The molecule has 2 aliphatic heterocycles. The quantitative estimate of drug-likeness (QED) is 0.242. The Morgan fingerprint density at radius 2 is 1.66 bits per heavy atom. The van der Waals surface area contributed by atoms with Crippen LogP contribution in [0.4, 0.5) is 26.7 Å². The Morgan fingerprint density at radius 3 is 2.24 bits per heavy atom. The number of hydrogen-bond donors (Lipinski definition) is 1. The van der Waals surface area contributed by atoms with Gasteiger partial charge in [0.15, 0.2) is 11.8 Å². The van der Waals surface area contributed by atoms with Crippen LogP contribution >= 0.6 is 0 Å². The number of imide groups is 1. The fourth-order valence-electron chi connectivity index (χ4n) is 5.23. The lowest BCUT2D eigenvalue weighted by molar-refractivity contribution is -0.167. The van der Waals surface area contributed by atoms with Gasteiger partial charge in [-0.05, 0) is 76.9 Å². The molecule has 1 N–H and O–H groups in total. The molecule has 50 heavy (non-hydrogen) atoms. The summed E-state index contributed by atoms with van der Waals surface area (Å²) in [6.07, 6.45) is -5.28. The van der Waals surface area contributed by atoms with Crippen molar-refractivity contribution in [3.63, 3.8) is 0 Å². The van der Waals surface area contributed by atoms with Crippen LogP contribution in [-0.4, -0.2) is 89.3 Å². The van der Waals surface area contributed by atoms with Crippen LogP contribution in [0.25, 0.3) is 4.85 Å². The van der Waals surface area contributed by atoms with E-state index in [-0.39, 0.29) is 36.0 Å². The number of morpholine rings is 1. The van der Waals surface area contributed by atoms with Crippen molar-refractivity contribution in [1.82, 2.24) is 9.80 Å². The Labute approximate surface area is 290 Å². The zero-order valence-electron chi connectivity index (χ0n) is 29.3. The summed E-state index contributed by atoms with van der Waals surface area (Å²) in [6.45, 7) is 18.6. The van der Waals surface area contributed by atoms with E-state index in [4.69, 9.17) is 25.5 Å². The second-order valence-electron chi connectivity index (χ2n) is 13.8. The molecule has 0 aromatic heterocycles. The first kappa shape index (κ1) is 37.3. The van der Waals surface area contributed by atoms with Crippen molar-refractivity contribution in [2.75, 3.05) is 30.4 Å². The maximum atomic E-state index is 13.7. The van der Waals surface area contributed by atoms with Gasteiger partial charge < -0.3 is 34.1 Å². The van der Waals surface area contributed by atoms with Crippen LogP contribution in [0.2, 0.25) is 0 Å². The standard InChI is InChI=1S/C35H41N5O10/c1-20(41)48-27(28-31(44)39(14-15-47-28)24-12-10-21-18-38(9)30(43)25(21)17-24)29(42)37-23-11-13-26(36-8)22(16-23)19-40(32(45)49-34(2,3)4)33(46)50-35(5,6)7/h10-13,16-17,27-28H,14-15,18-19H2,1-7,9H3,(H,37,42)/t27-,28-/m1/s1. The Bertz CT molecular complexity index is 1730. The smallest absolute Gasteiger partial charge is 0.420 e. The van der Waals surface area contributed by atoms with Crippen LogP contribution in [0.1, 0.15) is 70.0 Å². The molecule has 1 saturated heterocycles. The number of ether oxygens (including phenoxy) is 4. The van der Waals surface area contributed by atoms with E-state index in [0.29, 0.717) is 22.7 Å². The average Bonchev–Trinajstić information content (AvgIpc) is 3.29. The van der Waals surface area contributed by atoms with Crippen molar-refractivity contribution in [2.45, 2.75) is 85.0 Å². The summed E-state index contributed by atoms with van der Waals surface area (Å²) in [5.41, 5.74) is 0.124. The summed E-state index contributed by atoms with van der Waals surface area (Å²) < 4.78 is 21.8. The van der Waals surface area contributed by atoms with Crippen molar-refractivity contribution < 1.29 is 47.7 Å². The molecule has 15 heteroatoms. The third-order valence-electron chi connectivity index (χ3n) is 7.36. The molecule has 4 rings (SSSR count). The third kappa shape index (κ3) is 8.94. The van der Waals surface area contributed by atoms with E-state index in [9.17, 15) is 28.8 Å². The molecule has 0 radical (unpaired) electrons. The topological polar surface area (TPSA) is 165 Å². The Hall–Kier alpha value is -5.49. The zero-order valence-corrected chi connectivity index (χ0v) is 29.3. The first-order valence-electron chi connectivity index (χ1n) is 15.8. The van der Waals surface area contributed by atoms with Crippen LogP contribution in [0.5, 0.6) is 0 Å². The lowest BCUT2D eigenvalue weighted by atomic mass is 10.1. The number of hydrogen-bond acceptors (Lipinski definition) is 10. The number of esters is 1. The molecule has 2 atom stereocenters. The van der Waals surface area contributed by atoms with Crippen LogP contribution in [-0.2, 0) is 46.4 Å². The summed E-state index contributed by atoms with van der Waals surface area (Å²) >= 11 is 0. The predicted molar refractivity (Wildman–Crippen MR) is 179 cm³/mol.